The zero-order valence-corrected chi connectivity index (χ0v) is 5.13. The standard InChI is InChI=1S/CH2ClO5P/c2-7-8(4,5)6-1-3/h1H,(H,4,5). The molecule has 1 N–H and O–H groups in total. The third kappa shape index (κ3) is 2.98. The summed E-state index contributed by atoms with van der Waals surface area (Å²) in [4.78, 5) is 17.4. The highest BCUT2D eigenvalue weighted by Crippen LogP contribution is 2.43. The van der Waals surface area contributed by atoms with Gasteiger partial charge in [-0.1, -0.05) is 0 Å². The molecule has 0 saturated carbocycles. The molecule has 8 heavy (non-hydrogen) atoms. The van der Waals surface area contributed by atoms with Gasteiger partial charge in [0.25, 0.3) is 0 Å². The van der Waals surface area contributed by atoms with Crippen molar-refractivity contribution in [1.82, 2.24) is 0 Å². The van der Waals surface area contributed by atoms with Crippen LogP contribution in [-0.4, -0.2) is 11.4 Å². The number of hydrogen-bond donors (Lipinski definition) is 1. The SMILES string of the molecule is O=COP(=O)(O)OCl. The van der Waals surface area contributed by atoms with Crippen LogP contribution in [0.4, 0.5) is 0 Å². The van der Waals surface area contributed by atoms with E-state index in [-0.39, 0.29) is 6.47 Å². The van der Waals surface area contributed by atoms with Crippen LogP contribution in [0.15, 0.2) is 0 Å². The van der Waals surface area contributed by atoms with E-state index in [1.54, 1.807) is 0 Å². The van der Waals surface area contributed by atoms with Crippen LogP contribution >= 0.6 is 19.7 Å². The van der Waals surface area contributed by atoms with Gasteiger partial charge in [-0.15, -0.1) is 0 Å². The Labute approximate surface area is 49.9 Å². The largest absolute Gasteiger partial charge is 0.546 e. The van der Waals surface area contributed by atoms with Gasteiger partial charge in [0.2, 0.25) is 0 Å². The van der Waals surface area contributed by atoms with Crippen molar-refractivity contribution in [1.29, 1.82) is 0 Å². The van der Waals surface area contributed by atoms with Crippen molar-refractivity contribution in [2.45, 2.75) is 0 Å². The molecule has 0 aliphatic rings. The molecule has 0 aliphatic heterocycles. The molecular weight excluding hydrogens is 158 g/mol. The zero-order chi connectivity index (χ0) is 6.62. The first kappa shape index (κ1) is 7.91. The minimum absolute atomic E-state index is 0.233. The highest BCUT2D eigenvalue weighted by molar-refractivity contribution is 7.48. The molecule has 7 heteroatoms. The topological polar surface area (TPSA) is 72.8 Å². The lowest BCUT2D eigenvalue weighted by atomic mass is 11.7. The monoisotopic (exact) mass is 160 g/mol. The highest BCUT2D eigenvalue weighted by atomic mass is 35.5. The summed E-state index contributed by atoms with van der Waals surface area (Å²) >= 11 is 4.37. The average Bonchev–Trinajstić information content (AvgIpc) is 1.67. The summed E-state index contributed by atoms with van der Waals surface area (Å²) in [5.74, 6) is 0. The van der Waals surface area contributed by atoms with Crippen LogP contribution in [0.2, 0.25) is 0 Å². The van der Waals surface area contributed by atoms with E-state index in [0.717, 1.165) is 0 Å². The van der Waals surface area contributed by atoms with E-state index in [4.69, 9.17) is 4.89 Å². The number of hydrogen-bond acceptors (Lipinski definition) is 4. The van der Waals surface area contributed by atoms with Gasteiger partial charge in [-0.05, 0) is 0 Å². The molecule has 0 aromatic heterocycles. The Balaban J connectivity index is 3.72. The molecule has 48 valence electrons. The summed E-state index contributed by atoms with van der Waals surface area (Å²) in [6, 6.07) is 0. The average molecular weight is 160 g/mol. The molecule has 1 atom stereocenters. The van der Waals surface area contributed by atoms with Gasteiger partial charge < -0.3 is 4.52 Å². The van der Waals surface area contributed by atoms with Gasteiger partial charge in [0.1, 0.15) is 0 Å². The molecule has 0 radical (unpaired) electrons. The van der Waals surface area contributed by atoms with Gasteiger partial charge >= 0.3 is 14.3 Å². The molecule has 0 aromatic rings. The van der Waals surface area contributed by atoms with Gasteiger partial charge in [-0.2, -0.15) is 4.08 Å². The smallest absolute Gasteiger partial charge is 0.372 e. The predicted molar refractivity (Wildman–Crippen MR) is 23.9 cm³/mol. The number of carbonyl (C=O) groups excluding carboxylic acids is 1. The van der Waals surface area contributed by atoms with Crippen LogP contribution in [0.25, 0.3) is 0 Å². The second-order valence-corrected chi connectivity index (χ2v) is 2.44. The Bertz CT molecular complexity index is 122. The maximum atomic E-state index is 9.93. The van der Waals surface area contributed by atoms with Crippen molar-refractivity contribution in [3.8, 4) is 0 Å². The quantitative estimate of drug-likeness (QED) is 0.479. The van der Waals surface area contributed by atoms with Crippen LogP contribution in [0, 0.1) is 0 Å². The fourth-order valence-corrected chi connectivity index (χ4v) is 0.310. The molecule has 0 bridgehead atoms. The van der Waals surface area contributed by atoms with E-state index in [1.165, 1.54) is 0 Å². The molecule has 0 heterocycles. The Hall–Kier alpha value is -0.0900. The fourth-order valence-electron chi connectivity index (χ4n) is 0.0706. The molecule has 0 amide bonds. The zero-order valence-electron chi connectivity index (χ0n) is 3.48. The maximum absolute atomic E-state index is 9.93. The van der Waals surface area contributed by atoms with E-state index >= 15 is 0 Å². The molecule has 0 fully saturated rings. The van der Waals surface area contributed by atoms with Crippen LogP contribution in [-0.2, 0) is 18.0 Å². The normalized spacial score (nSPS) is 16.8. The summed E-state index contributed by atoms with van der Waals surface area (Å²) < 4.78 is 16.7. The van der Waals surface area contributed by atoms with Crippen molar-refractivity contribution >= 4 is 26.2 Å². The first-order chi connectivity index (χ1) is 3.62. The number of carbonyl (C=O) groups is 1. The molecule has 0 spiro atoms. The van der Waals surface area contributed by atoms with Crippen molar-refractivity contribution < 1.29 is 22.9 Å². The second kappa shape index (κ2) is 3.04. The van der Waals surface area contributed by atoms with Crippen LogP contribution in [0.3, 0.4) is 0 Å². The maximum Gasteiger partial charge on any atom is 0.546 e. The first-order valence-corrected chi connectivity index (χ1v) is 3.18. The van der Waals surface area contributed by atoms with Crippen LogP contribution in [0.1, 0.15) is 0 Å². The van der Waals surface area contributed by atoms with Crippen molar-refractivity contribution in [3.63, 3.8) is 0 Å². The van der Waals surface area contributed by atoms with E-state index in [9.17, 15) is 9.36 Å². The Morgan fingerprint density at radius 1 is 1.75 bits per heavy atom. The van der Waals surface area contributed by atoms with E-state index in [2.05, 4.69) is 20.5 Å². The molecule has 1 unspecified atom stereocenters. The van der Waals surface area contributed by atoms with Crippen LogP contribution < -0.4 is 0 Å². The van der Waals surface area contributed by atoms with Gasteiger partial charge in [0.05, 0.1) is 11.9 Å². The molecule has 0 aromatic carbocycles. The van der Waals surface area contributed by atoms with E-state index in [1.807, 2.05) is 0 Å². The fraction of sp³-hybridized carbons (Fsp3) is 0. The summed E-state index contributed by atoms with van der Waals surface area (Å²) in [5.41, 5.74) is 0. The van der Waals surface area contributed by atoms with Gasteiger partial charge in [0, 0.05) is 0 Å². The predicted octanol–water partition coefficient (Wildman–Crippen LogP) is 0.430. The minimum atomic E-state index is -4.28. The second-order valence-electron chi connectivity index (χ2n) is 0.739. The lowest BCUT2D eigenvalue weighted by molar-refractivity contribution is -0.121. The number of phosphoric ester groups is 1. The molecule has 0 aliphatic carbocycles. The van der Waals surface area contributed by atoms with Gasteiger partial charge in [0.15, 0.2) is 0 Å². The van der Waals surface area contributed by atoms with Gasteiger partial charge in [-0.3, -0.25) is 9.69 Å². The highest BCUT2D eigenvalue weighted by Gasteiger charge is 2.20. The number of halogens is 1. The number of phosphoric acid groups is 1. The minimum Gasteiger partial charge on any atom is -0.372 e. The van der Waals surface area contributed by atoms with E-state index < -0.39 is 7.82 Å². The van der Waals surface area contributed by atoms with Crippen molar-refractivity contribution in [3.05, 3.63) is 0 Å². The van der Waals surface area contributed by atoms with Gasteiger partial charge in [-0.25, -0.2) is 4.57 Å². The molecule has 0 saturated heterocycles. The van der Waals surface area contributed by atoms with Crippen molar-refractivity contribution in [2.75, 3.05) is 0 Å². The third-order valence-electron chi connectivity index (χ3n) is 0.263. The lowest BCUT2D eigenvalue weighted by Crippen LogP contribution is -1.83. The summed E-state index contributed by atoms with van der Waals surface area (Å²) in [6.07, 6.45) is 0. The van der Waals surface area contributed by atoms with Crippen molar-refractivity contribution in [2.24, 2.45) is 0 Å². The molecule has 5 nitrogen and oxygen atoms in total. The number of rotatable bonds is 3. The molecule has 0 rings (SSSR count). The summed E-state index contributed by atoms with van der Waals surface area (Å²) in [6.45, 7) is -0.233. The van der Waals surface area contributed by atoms with Crippen LogP contribution in [0.5, 0.6) is 0 Å². The summed E-state index contributed by atoms with van der Waals surface area (Å²) in [5, 5.41) is 0. The third-order valence-corrected chi connectivity index (χ3v) is 1.31. The Morgan fingerprint density at radius 2 is 2.25 bits per heavy atom. The Morgan fingerprint density at radius 3 is 2.38 bits per heavy atom. The first-order valence-electron chi connectivity index (χ1n) is 1.37. The van der Waals surface area contributed by atoms with E-state index in [0.29, 0.717) is 0 Å². The lowest BCUT2D eigenvalue weighted by Gasteiger charge is -1.98. The molecular formula is CH2ClO5P. The summed E-state index contributed by atoms with van der Waals surface area (Å²) in [7, 11) is -4.28. The Kier molecular flexibility index (Phi) is 3.01.